The highest BCUT2D eigenvalue weighted by Gasteiger charge is 2.20. The molecule has 0 unspecified atom stereocenters. The molecule has 18 heavy (non-hydrogen) atoms. The predicted molar refractivity (Wildman–Crippen MR) is 68.3 cm³/mol. The lowest BCUT2D eigenvalue weighted by molar-refractivity contribution is -0.383. The summed E-state index contributed by atoms with van der Waals surface area (Å²) in [5.41, 5.74) is 7.17. The second-order valence-electron chi connectivity index (χ2n) is 3.96. The van der Waals surface area contributed by atoms with Crippen molar-refractivity contribution in [2.24, 2.45) is 0 Å². The predicted octanol–water partition coefficient (Wildman–Crippen LogP) is 2.41. The molecule has 0 amide bonds. The molecule has 0 fully saturated rings. The molecule has 0 aliphatic carbocycles. The molecule has 0 aliphatic rings. The minimum absolute atomic E-state index is 0.0662. The molecule has 0 radical (unpaired) electrons. The van der Waals surface area contributed by atoms with Crippen molar-refractivity contribution in [3.63, 3.8) is 0 Å². The zero-order chi connectivity index (χ0) is 13.1. The van der Waals surface area contributed by atoms with Crippen molar-refractivity contribution >= 4 is 17.1 Å². The summed E-state index contributed by atoms with van der Waals surface area (Å²) in [6, 6.07) is 6.71. The number of para-hydroxylation sites is 1. The summed E-state index contributed by atoms with van der Waals surface area (Å²) in [4.78, 5) is 12.3. The van der Waals surface area contributed by atoms with E-state index in [1.165, 1.54) is 6.07 Å². The number of rotatable bonds is 4. The van der Waals surface area contributed by atoms with Crippen LogP contribution in [0.4, 0.5) is 17.1 Å². The minimum atomic E-state index is -0.462. The molecule has 94 valence electrons. The zero-order valence-electron chi connectivity index (χ0n) is 9.87. The molecule has 1 aromatic carbocycles. The van der Waals surface area contributed by atoms with Crippen LogP contribution in [0.15, 0.2) is 41.2 Å². The van der Waals surface area contributed by atoms with Crippen LogP contribution < -0.4 is 10.6 Å². The van der Waals surface area contributed by atoms with E-state index in [1.54, 1.807) is 36.6 Å². The normalized spacial score (nSPS) is 10.3. The van der Waals surface area contributed by atoms with Crippen LogP contribution in [0.1, 0.15) is 5.56 Å². The first-order valence-electron chi connectivity index (χ1n) is 5.34. The first-order chi connectivity index (χ1) is 8.59. The topological polar surface area (TPSA) is 85.5 Å². The number of nitrogens with two attached hydrogens (primary N) is 1. The molecule has 0 aliphatic heterocycles. The standard InChI is InChI=1S/C12H13N3O3/c1-14(7-9-5-6-18-8-9)11-4-2-3-10(13)12(11)15(16)17/h2-6,8H,7,13H2,1H3. The van der Waals surface area contributed by atoms with Crippen LogP contribution >= 0.6 is 0 Å². The first-order valence-corrected chi connectivity index (χ1v) is 5.34. The Labute approximate surface area is 104 Å². The van der Waals surface area contributed by atoms with Gasteiger partial charge in [0.05, 0.1) is 17.4 Å². The highest BCUT2D eigenvalue weighted by atomic mass is 16.6. The Hall–Kier alpha value is -2.50. The molecule has 2 aromatic rings. The van der Waals surface area contributed by atoms with Gasteiger partial charge in [-0.05, 0) is 18.2 Å². The van der Waals surface area contributed by atoms with Crippen molar-refractivity contribution in [1.29, 1.82) is 0 Å². The third-order valence-corrected chi connectivity index (χ3v) is 2.64. The van der Waals surface area contributed by atoms with E-state index in [2.05, 4.69) is 0 Å². The Bertz CT molecular complexity index is 552. The van der Waals surface area contributed by atoms with Gasteiger partial charge < -0.3 is 15.1 Å². The average molecular weight is 247 g/mol. The van der Waals surface area contributed by atoms with Gasteiger partial charge in [-0.15, -0.1) is 0 Å². The number of hydrogen-bond donors (Lipinski definition) is 1. The smallest absolute Gasteiger partial charge is 0.315 e. The molecule has 0 atom stereocenters. The van der Waals surface area contributed by atoms with E-state index in [0.717, 1.165) is 5.56 Å². The molecule has 6 nitrogen and oxygen atoms in total. The lowest BCUT2D eigenvalue weighted by atomic mass is 10.2. The number of furan rings is 1. The van der Waals surface area contributed by atoms with E-state index in [1.807, 2.05) is 6.07 Å². The largest absolute Gasteiger partial charge is 0.472 e. The molecule has 0 saturated heterocycles. The Morgan fingerprint density at radius 1 is 1.44 bits per heavy atom. The van der Waals surface area contributed by atoms with E-state index < -0.39 is 4.92 Å². The van der Waals surface area contributed by atoms with Crippen molar-refractivity contribution in [3.05, 3.63) is 52.5 Å². The Kier molecular flexibility index (Phi) is 3.18. The molecular formula is C12H13N3O3. The Balaban J connectivity index is 2.32. The first kappa shape index (κ1) is 12.0. The van der Waals surface area contributed by atoms with Gasteiger partial charge in [0.15, 0.2) is 0 Å². The van der Waals surface area contributed by atoms with Crippen molar-refractivity contribution in [1.82, 2.24) is 0 Å². The molecular weight excluding hydrogens is 234 g/mol. The molecule has 1 heterocycles. The summed E-state index contributed by atoms with van der Waals surface area (Å²) in [6.45, 7) is 0.515. The van der Waals surface area contributed by atoms with Gasteiger partial charge in [-0.2, -0.15) is 0 Å². The fourth-order valence-corrected chi connectivity index (χ4v) is 1.80. The third-order valence-electron chi connectivity index (χ3n) is 2.64. The molecule has 1 aromatic heterocycles. The Morgan fingerprint density at radius 3 is 2.83 bits per heavy atom. The number of benzene rings is 1. The van der Waals surface area contributed by atoms with Gasteiger partial charge in [0.1, 0.15) is 11.4 Å². The minimum Gasteiger partial charge on any atom is -0.472 e. The van der Waals surface area contributed by atoms with Gasteiger partial charge in [-0.25, -0.2) is 0 Å². The maximum atomic E-state index is 11.0. The van der Waals surface area contributed by atoms with Crippen molar-refractivity contribution < 1.29 is 9.34 Å². The summed E-state index contributed by atoms with van der Waals surface area (Å²) in [7, 11) is 1.77. The molecule has 0 bridgehead atoms. The van der Waals surface area contributed by atoms with Crippen LogP contribution in [0.3, 0.4) is 0 Å². The molecule has 0 spiro atoms. The average Bonchev–Trinajstić information content (AvgIpc) is 2.80. The highest BCUT2D eigenvalue weighted by molar-refractivity contribution is 5.75. The van der Waals surface area contributed by atoms with Crippen molar-refractivity contribution in [2.45, 2.75) is 6.54 Å². The number of nitro groups is 1. The van der Waals surface area contributed by atoms with Gasteiger partial charge in [0.25, 0.3) is 0 Å². The van der Waals surface area contributed by atoms with Crippen LogP contribution in [-0.4, -0.2) is 12.0 Å². The molecule has 0 saturated carbocycles. The fourth-order valence-electron chi connectivity index (χ4n) is 1.80. The van der Waals surface area contributed by atoms with Gasteiger partial charge >= 0.3 is 5.69 Å². The van der Waals surface area contributed by atoms with Crippen molar-refractivity contribution in [3.8, 4) is 0 Å². The summed E-state index contributed by atoms with van der Waals surface area (Å²) in [6.07, 6.45) is 3.17. The Morgan fingerprint density at radius 2 is 2.22 bits per heavy atom. The third kappa shape index (κ3) is 2.27. The van der Waals surface area contributed by atoms with E-state index in [-0.39, 0.29) is 11.4 Å². The quantitative estimate of drug-likeness (QED) is 0.509. The van der Waals surface area contributed by atoms with Gasteiger partial charge in [-0.1, -0.05) is 6.07 Å². The van der Waals surface area contributed by atoms with Crippen molar-refractivity contribution in [2.75, 3.05) is 17.7 Å². The SMILES string of the molecule is CN(Cc1ccoc1)c1cccc(N)c1[N+](=O)[O-]. The fraction of sp³-hybridized carbons (Fsp3) is 0.167. The monoisotopic (exact) mass is 247 g/mol. The molecule has 2 rings (SSSR count). The van der Waals surface area contributed by atoms with Gasteiger partial charge in [0, 0.05) is 19.2 Å². The second-order valence-corrected chi connectivity index (χ2v) is 3.96. The van der Waals surface area contributed by atoms with E-state index in [4.69, 9.17) is 10.2 Å². The van der Waals surface area contributed by atoms with E-state index >= 15 is 0 Å². The van der Waals surface area contributed by atoms with Gasteiger partial charge in [-0.3, -0.25) is 10.1 Å². The van der Waals surface area contributed by atoms with Crippen LogP contribution in [0, 0.1) is 10.1 Å². The van der Waals surface area contributed by atoms with Crippen LogP contribution in [-0.2, 0) is 6.54 Å². The molecule has 2 N–H and O–H groups in total. The summed E-state index contributed by atoms with van der Waals surface area (Å²) >= 11 is 0. The number of hydrogen-bond acceptors (Lipinski definition) is 5. The number of nitro benzene ring substituents is 1. The van der Waals surface area contributed by atoms with Gasteiger partial charge in [0.2, 0.25) is 0 Å². The maximum Gasteiger partial charge on any atom is 0.315 e. The van der Waals surface area contributed by atoms with Crippen LogP contribution in [0.25, 0.3) is 0 Å². The van der Waals surface area contributed by atoms with Crippen LogP contribution in [0.2, 0.25) is 0 Å². The zero-order valence-corrected chi connectivity index (χ0v) is 9.87. The van der Waals surface area contributed by atoms with E-state index in [0.29, 0.717) is 12.2 Å². The summed E-state index contributed by atoms with van der Waals surface area (Å²) in [5, 5.41) is 11.0. The van der Waals surface area contributed by atoms with Crippen LogP contribution in [0.5, 0.6) is 0 Å². The number of anilines is 2. The number of nitrogens with zero attached hydrogens (tertiary/aromatic N) is 2. The lowest BCUT2D eigenvalue weighted by Crippen LogP contribution is -2.17. The summed E-state index contributed by atoms with van der Waals surface area (Å²) in [5.74, 6) is 0. The van der Waals surface area contributed by atoms with E-state index in [9.17, 15) is 10.1 Å². The summed E-state index contributed by atoms with van der Waals surface area (Å²) < 4.78 is 4.97. The number of nitrogen functional groups attached to an aromatic ring is 1. The maximum absolute atomic E-state index is 11.0. The second kappa shape index (κ2) is 4.79. The highest BCUT2D eigenvalue weighted by Crippen LogP contribution is 2.33. The molecule has 6 heteroatoms. The lowest BCUT2D eigenvalue weighted by Gasteiger charge is -2.18.